The van der Waals surface area contributed by atoms with E-state index in [1.54, 1.807) is 27.8 Å². The van der Waals surface area contributed by atoms with Gasteiger partial charge in [-0.2, -0.15) is 0 Å². The maximum atomic E-state index is 12.5. The monoisotopic (exact) mass is 320 g/mol. The molecule has 0 saturated carbocycles. The molecule has 6 heteroatoms. The molecule has 6 nitrogen and oxygen atoms in total. The Bertz CT molecular complexity index is 607. The average molecular weight is 320 g/mol. The Kier molecular flexibility index (Phi) is 4.82. The van der Waals surface area contributed by atoms with Crippen molar-refractivity contribution >= 4 is 17.7 Å². The van der Waals surface area contributed by atoms with Gasteiger partial charge in [-0.15, -0.1) is 0 Å². The minimum atomic E-state index is -0.785. The van der Waals surface area contributed by atoms with Crippen LogP contribution in [0.5, 0.6) is 5.75 Å². The Hall–Kier alpha value is -2.24. The van der Waals surface area contributed by atoms with E-state index >= 15 is 0 Å². The Morgan fingerprint density at radius 3 is 2.74 bits per heavy atom. The predicted octanol–water partition coefficient (Wildman–Crippen LogP) is 2.50. The van der Waals surface area contributed by atoms with Gasteiger partial charge in [0.15, 0.2) is 0 Å². The van der Waals surface area contributed by atoms with Crippen molar-refractivity contribution in [2.24, 2.45) is 0 Å². The lowest BCUT2D eigenvalue weighted by Gasteiger charge is -2.23. The van der Waals surface area contributed by atoms with Crippen LogP contribution in [0.4, 0.5) is 10.5 Å². The Labute approximate surface area is 136 Å². The Morgan fingerprint density at radius 1 is 1.43 bits per heavy atom. The smallest absolute Gasteiger partial charge is 0.408 e. The second-order valence-electron chi connectivity index (χ2n) is 6.56. The molecule has 0 saturated heterocycles. The second-order valence-corrected chi connectivity index (χ2v) is 6.56. The van der Waals surface area contributed by atoms with Gasteiger partial charge in [-0.3, -0.25) is 4.79 Å². The molecular formula is C17H24N2O4. The first-order chi connectivity index (χ1) is 10.7. The van der Waals surface area contributed by atoms with Gasteiger partial charge in [-0.1, -0.05) is 13.0 Å². The minimum absolute atomic E-state index is 0.0720. The van der Waals surface area contributed by atoms with Crippen LogP contribution in [0.3, 0.4) is 0 Å². The number of hydrogen-bond donors (Lipinski definition) is 1. The summed E-state index contributed by atoms with van der Waals surface area (Å²) in [7, 11) is 1.67. The van der Waals surface area contributed by atoms with Crippen LogP contribution in [0.2, 0.25) is 0 Å². The number of anilines is 1. The largest absolute Gasteiger partial charge is 0.489 e. The maximum Gasteiger partial charge on any atom is 0.408 e. The third-order valence-electron chi connectivity index (χ3n) is 3.52. The van der Waals surface area contributed by atoms with Crippen LogP contribution in [-0.2, 0) is 16.0 Å². The molecule has 1 aromatic rings. The first-order valence-corrected chi connectivity index (χ1v) is 7.74. The molecule has 0 aliphatic carbocycles. The van der Waals surface area contributed by atoms with E-state index < -0.39 is 17.7 Å². The van der Waals surface area contributed by atoms with Crippen molar-refractivity contribution in [1.82, 2.24) is 5.32 Å². The fourth-order valence-electron chi connectivity index (χ4n) is 2.32. The van der Waals surface area contributed by atoms with Crippen LogP contribution < -0.4 is 15.0 Å². The third kappa shape index (κ3) is 4.15. The molecule has 1 heterocycles. The summed E-state index contributed by atoms with van der Waals surface area (Å²) >= 11 is 0. The zero-order valence-corrected chi connectivity index (χ0v) is 14.3. The molecule has 1 atom stereocenters. The van der Waals surface area contributed by atoms with Crippen LogP contribution >= 0.6 is 0 Å². The Morgan fingerprint density at radius 2 is 2.13 bits per heavy atom. The minimum Gasteiger partial charge on any atom is -0.489 e. The molecule has 126 valence electrons. The van der Waals surface area contributed by atoms with Crippen LogP contribution in [-0.4, -0.2) is 37.3 Å². The molecule has 0 radical (unpaired) electrons. The van der Waals surface area contributed by atoms with Crippen molar-refractivity contribution in [3.8, 4) is 5.75 Å². The highest BCUT2D eigenvalue weighted by molar-refractivity contribution is 6.00. The number of hydrogen-bond acceptors (Lipinski definition) is 4. The van der Waals surface area contributed by atoms with Crippen LogP contribution in [0.1, 0.15) is 33.3 Å². The van der Waals surface area contributed by atoms with E-state index in [-0.39, 0.29) is 12.5 Å². The van der Waals surface area contributed by atoms with Crippen molar-refractivity contribution in [2.45, 2.75) is 45.8 Å². The number of fused-ring (bicyclic) bond motifs is 1. The second kappa shape index (κ2) is 6.48. The van der Waals surface area contributed by atoms with Gasteiger partial charge in [0, 0.05) is 7.05 Å². The lowest BCUT2D eigenvalue weighted by Crippen LogP contribution is -2.50. The van der Waals surface area contributed by atoms with Gasteiger partial charge in [0.05, 0.1) is 5.69 Å². The van der Waals surface area contributed by atoms with Gasteiger partial charge in [0.2, 0.25) is 0 Å². The molecule has 1 aliphatic heterocycles. The number of rotatable bonds is 2. The van der Waals surface area contributed by atoms with Gasteiger partial charge in [0.1, 0.15) is 24.0 Å². The van der Waals surface area contributed by atoms with E-state index in [1.807, 2.05) is 18.2 Å². The molecular weight excluding hydrogens is 296 g/mol. The highest BCUT2D eigenvalue weighted by Gasteiger charge is 2.31. The number of aryl methyl sites for hydroxylation is 1. The summed E-state index contributed by atoms with van der Waals surface area (Å²) < 4.78 is 10.9. The first kappa shape index (κ1) is 17.1. The van der Waals surface area contributed by atoms with Crippen molar-refractivity contribution in [1.29, 1.82) is 0 Å². The fourth-order valence-corrected chi connectivity index (χ4v) is 2.32. The van der Waals surface area contributed by atoms with Crippen molar-refractivity contribution in [3.05, 3.63) is 23.8 Å². The highest BCUT2D eigenvalue weighted by Crippen LogP contribution is 2.31. The number of benzene rings is 1. The number of carbonyl (C=O) groups excluding carboxylic acids is 2. The summed E-state index contributed by atoms with van der Waals surface area (Å²) in [5.41, 5.74) is 1.20. The SMILES string of the molecule is CCc1ccc2c(c1)OC[C@H](NC(=O)OC(C)(C)C)C(=O)N2C. The lowest BCUT2D eigenvalue weighted by atomic mass is 10.1. The quantitative estimate of drug-likeness (QED) is 0.909. The molecule has 1 aromatic carbocycles. The van der Waals surface area contributed by atoms with Crippen LogP contribution in [0, 0.1) is 0 Å². The highest BCUT2D eigenvalue weighted by atomic mass is 16.6. The molecule has 0 aromatic heterocycles. The van der Waals surface area contributed by atoms with Crippen molar-refractivity contribution in [3.63, 3.8) is 0 Å². The van der Waals surface area contributed by atoms with Gasteiger partial charge >= 0.3 is 6.09 Å². The summed E-state index contributed by atoms with van der Waals surface area (Å²) in [5, 5.41) is 2.58. The number of nitrogens with one attached hydrogen (secondary N) is 1. The molecule has 1 aliphatic rings. The van der Waals surface area contributed by atoms with E-state index in [1.165, 1.54) is 4.90 Å². The molecule has 0 fully saturated rings. The molecule has 23 heavy (non-hydrogen) atoms. The van der Waals surface area contributed by atoms with Crippen molar-refractivity contribution < 1.29 is 19.1 Å². The standard InChI is InChI=1S/C17H24N2O4/c1-6-11-7-8-13-14(9-11)22-10-12(15(20)19(13)5)18-16(21)23-17(2,3)4/h7-9,12H,6,10H2,1-5H3,(H,18,21)/t12-/m0/s1. The lowest BCUT2D eigenvalue weighted by molar-refractivity contribution is -0.120. The molecule has 2 amide bonds. The number of ether oxygens (including phenoxy) is 2. The normalized spacial score (nSPS) is 17.9. The van der Waals surface area contributed by atoms with Crippen molar-refractivity contribution in [2.75, 3.05) is 18.6 Å². The van der Waals surface area contributed by atoms with E-state index in [0.717, 1.165) is 12.0 Å². The predicted molar refractivity (Wildman–Crippen MR) is 87.9 cm³/mol. The Balaban J connectivity index is 2.15. The topological polar surface area (TPSA) is 67.9 Å². The molecule has 0 bridgehead atoms. The third-order valence-corrected chi connectivity index (χ3v) is 3.52. The van der Waals surface area contributed by atoms with Gasteiger partial charge in [-0.05, 0) is 44.9 Å². The summed E-state index contributed by atoms with van der Waals surface area (Å²) in [6.07, 6.45) is 0.251. The van der Waals surface area contributed by atoms with Gasteiger partial charge < -0.3 is 19.7 Å². The van der Waals surface area contributed by atoms with E-state index in [4.69, 9.17) is 9.47 Å². The van der Waals surface area contributed by atoms with Gasteiger partial charge in [0.25, 0.3) is 5.91 Å². The number of amides is 2. The van der Waals surface area contributed by atoms with Crippen LogP contribution in [0.15, 0.2) is 18.2 Å². The van der Waals surface area contributed by atoms with Gasteiger partial charge in [-0.25, -0.2) is 4.79 Å². The fraction of sp³-hybridized carbons (Fsp3) is 0.529. The number of alkyl carbamates (subject to hydrolysis) is 1. The summed E-state index contributed by atoms with van der Waals surface area (Å²) in [6, 6.07) is 4.97. The summed E-state index contributed by atoms with van der Waals surface area (Å²) in [4.78, 5) is 25.9. The zero-order chi connectivity index (χ0) is 17.2. The van der Waals surface area contributed by atoms with E-state index in [2.05, 4.69) is 12.2 Å². The number of nitrogens with zero attached hydrogens (tertiary/aromatic N) is 1. The zero-order valence-electron chi connectivity index (χ0n) is 14.3. The van der Waals surface area contributed by atoms with Crippen LogP contribution in [0.25, 0.3) is 0 Å². The molecule has 2 rings (SSSR count). The van der Waals surface area contributed by atoms with E-state index in [0.29, 0.717) is 11.4 Å². The molecule has 0 spiro atoms. The average Bonchev–Trinajstić information content (AvgIpc) is 2.57. The number of carbonyl (C=O) groups is 2. The maximum absolute atomic E-state index is 12.5. The summed E-state index contributed by atoms with van der Waals surface area (Å²) in [6.45, 7) is 7.44. The first-order valence-electron chi connectivity index (χ1n) is 7.74. The molecule has 1 N–H and O–H groups in total. The molecule has 0 unspecified atom stereocenters. The summed E-state index contributed by atoms with van der Waals surface area (Å²) in [5.74, 6) is 0.410. The number of likely N-dealkylation sites (N-methyl/N-ethyl adjacent to an activating group) is 1. The van der Waals surface area contributed by atoms with E-state index in [9.17, 15) is 9.59 Å².